The van der Waals surface area contributed by atoms with Crippen molar-refractivity contribution in [3.05, 3.63) is 71.4 Å². The lowest BCUT2D eigenvalue weighted by molar-refractivity contribution is -0.113. The first-order valence-corrected chi connectivity index (χ1v) is 11.8. The molecule has 0 fully saturated rings. The SMILES string of the molecule is CCCN1C(=O)C(=c2sc3nc(-c4ccc(Cl)cc4Cl)nn3c2=O)c2cc(Br)ccc21. The number of rotatable bonds is 3. The van der Waals surface area contributed by atoms with Crippen LogP contribution in [-0.4, -0.2) is 27.0 Å². The van der Waals surface area contributed by atoms with E-state index in [9.17, 15) is 9.59 Å². The molecule has 0 aliphatic carbocycles. The fourth-order valence-electron chi connectivity index (χ4n) is 3.64. The van der Waals surface area contributed by atoms with Crippen LogP contribution in [0.15, 0.2) is 45.7 Å². The first-order valence-electron chi connectivity index (χ1n) is 9.40. The number of hydrogen-bond acceptors (Lipinski definition) is 5. The lowest BCUT2D eigenvalue weighted by atomic mass is 10.1. The third kappa shape index (κ3) is 3.29. The van der Waals surface area contributed by atoms with E-state index in [4.69, 9.17) is 23.2 Å². The zero-order chi connectivity index (χ0) is 21.9. The van der Waals surface area contributed by atoms with Gasteiger partial charge in [-0.1, -0.05) is 57.4 Å². The minimum absolute atomic E-state index is 0.183. The summed E-state index contributed by atoms with van der Waals surface area (Å²) >= 11 is 16.8. The fraction of sp³-hybridized carbons (Fsp3) is 0.143. The minimum Gasteiger partial charge on any atom is -0.308 e. The molecule has 0 bridgehead atoms. The Morgan fingerprint density at radius 2 is 1.90 bits per heavy atom. The molecule has 0 atom stereocenters. The summed E-state index contributed by atoms with van der Waals surface area (Å²) < 4.78 is 2.38. The molecule has 156 valence electrons. The first-order chi connectivity index (χ1) is 14.9. The second-order valence-corrected chi connectivity index (χ2v) is 9.72. The molecule has 0 unspecified atom stereocenters. The summed E-state index contributed by atoms with van der Waals surface area (Å²) in [4.78, 5) is 33.0. The van der Waals surface area contributed by atoms with E-state index in [2.05, 4.69) is 26.0 Å². The molecular formula is C21H13BrCl2N4O2S. The molecular weight excluding hydrogens is 523 g/mol. The summed E-state index contributed by atoms with van der Waals surface area (Å²) in [6.07, 6.45) is 0.805. The van der Waals surface area contributed by atoms with Gasteiger partial charge in [-0.3, -0.25) is 9.59 Å². The maximum Gasteiger partial charge on any atom is 0.291 e. The van der Waals surface area contributed by atoms with E-state index < -0.39 is 0 Å². The summed E-state index contributed by atoms with van der Waals surface area (Å²) in [5.41, 5.74) is 2.12. The van der Waals surface area contributed by atoms with Gasteiger partial charge in [0.05, 0.1) is 16.3 Å². The summed E-state index contributed by atoms with van der Waals surface area (Å²) in [6, 6.07) is 10.6. The van der Waals surface area contributed by atoms with E-state index in [1.807, 2.05) is 25.1 Å². The molecule has 2 aromatic carbocycles. The Hall–Kier alpha value is -2.26. The molecule has 2 aromatic heterocycles. The number of hydrogen-bond donors (Lipinski definition) is 0. The van der Waals surface area contributed by atoms with Gasteiger partial charge < -0.3 is 4.90 Å². The lowest BCUT2D eigenvalue weighted by Crippen LogP contribution is -2.32. The predicted octanol–water partition coefficient (Wildman–Crippen LogP) is 4.56. The zero-order valence-electron chi connectivity index (χ0n) is 16.0. The van der Waals surface area contributed by atoms with Crippen LogP contribution < -0.4 is 15.0 Å². The Labute approximate surface area is 198 Å². The lowest BCUT2D eigenvalue weighted by Gasteiger charge is -2.15. The van der Waals surface area contributed by atoms with Gasteiger partial charge in [-0.15, -0.1) is 5.10 Å². The topological polar surface area (TPSA) is 67.6 Å². The van der Waals surface area contributed by atoms with Crippen molar-refractivity contribution in [1.82, 2.24) is 14.6 Å². The molecule has 0 saturated heterocycles. The largest absolute Gasteiger partial charge is 0.308 e. The highest BCUT2D eigenvalue weighted by atomic mass is 79.9. The van der Waals surface area contributed by atoms with Gasteiger partial charge >= 0.3 is 0 Å². The van der Waals surface area contributed by atoms with Crippen molar-refractivity contribution < 1.29 is 4.79 Å². The first kappa shape index (κ1) is 20.6. The third-order valence-corrected chi connectivity index (χ3v) is 7.05. The van der Waals surface area contributed by atoms with Crippen molar-refractivity contribution in [2.75, 3.05) is 11.4 Å². The van der Waals surface area contributed by atoms with E-state index in [0.717, 1.165) is 33.5 Å². The molecule has 31 heavy (non-hydrogen) atoms. The second kappa shape index (κ2) is 7.70. The number of carbonyl (C=O) groups excluding carboxylic acids is 1. The van der Waals surface area contributed by atoms with Crippen molar-refractivity contribution >= 4 is 72.6 Å². The highest BCUT2D eigenvalue weighted by molar-refractivity contribution is 9.10. The predicted molar refractivity (Wildman–Crippen MR) is 127 cm³/mol. The molecule has 10 heteroatoms. The maximum atomic E-state index is 13.2. The number of fused-ring (bicyclic) bond motifs is 2. The normalized spacial score (nSPS) is 15.2. The third-order valence-electron chi connectivity index (χ3n) is 4.98. The van der Waals surface area contributed by atoms with Gasteiger partial charge in [0, 0.05) is 27.2 Å². The monoisotopic (exact) mass is 534 g/mol. The Bertz CT molecular complexity index is 1500. The van der Waals surface area contributed by atoms with Gasteiger partial charge in [-0.2, -0.15) is 9.50 Å². The second-order valence-electron chi connectivity index (χ2n) is 6.98. The van der Waals surface area contributed by atoms with Crippen LogP contribution in [-0.2, 0) is 4.79 Å². The van der Waals surface area contributed by atoms with Crippen LogP contribution in [0.4, 0.5) is 5.69 Å². The molecule has 1 aliphatic heterocycles. The summed E-state index contributed by atoms with van der Waals surface area (Å²) in [6.45, 7) is 2.58. The van der Waals surface area contributed by atoms with Gasteiger partial charge in [0.1, 0.15) is 4.53 Å². The van der Waals surface area contributed by atoms with Gasteiger partial charge in [-0.25, -0.2) is 0 Å². The fourth-order valence-corrected chi connectivity index (χ4v) is 5.49. The molecule has 1 amide bonds. The average molecular weight is 536 g/mol. The van der Waals surface area contributed by atoms with Crippen LogP contribution in [0, 0.1) is 0 Å². The number of benzene rings is 2. The molecule has 4 aromatic rings. The summed E-state index contributed by atoms with van der Waals surface area (Å²) in [5, 5.41) is 5.24. The van der Waals surface area contributed by atoms with Gasteiger partial charge in [-0.05, 0) is 42.8 Å². The van der Waals surface area contributed by atoms with Crippen LogP contribution in [0.5, 0.6) is 0 Å². The van der Waals surface area contributed by atoms with Crippen molar-refractivity contribution in [1.29, 1.82) is 0 Å². The number of anilines is 1. The van der Waals surface area contributed by atoms with E-state index in [1.54, 1.807) is 23.1 Å². The van der Waals surface area contributed by atoms with E-state index in [1.165, 1.54) is 4.52 Å². The number of carbonyl (C=O) groups is 1. The molecule has 0 N–H and O–H groups in total. The van der Waals surface area contributed by atoms with Crippen LogP contribution >= 0.6 is 50.5 Å². The van der Waals surface area contributed by atoms with Crippen LogP contribution in [0.25, 0.3) is 21.9 Å². The summed E-state index contributed by atoms with van der Waals surface area (Å²) in [7, 11) is 0. The van der Waals surface area contributed by atoms with E-state index in [0.29, 0.717) is 43.0 Å². The van der Waals surface area contributed by atoms with Crippen LogP contribution in [0.3, 0.4) is 0 Å². The van der Waals surface area contributed by atoms with Crippen molar-refractivity contribution in [3.63, 3.8) is 0 Å². The molecule has 5 rings (SSSR count). The van der Waals surface area contributed by atoms with Crippen molar-refractivity contribution in [2.24, 2.45) is 0 Å². The molecule has 6 nitrogen and oxygen atoms in total. The number of nitrogens with zero attached hydrogens (tertiary/aromatic N) is 4. The minimum atomic E-state index is -0.378. The Kier molecular flexibility index (Phi) is 5.13. The van der Waals surface area contributed by atoms with E-state index in [-0.39, 0.29) is 11.5 Å². The molecule has 0 spiro atoms. The Balaban J connectivity index is 1.73. The average Bonchev–Trinajstić information content (AvgIpc) is 3.34. The molecule has 1 aliphatic rings. The molecule has 0 radical (unpaired) electrons. The Morgan fingerprint density at radius 3 is 2.61 bits per heavy atom. The highest BCUT2D eigenvalue weighted by Gasteiger charge is 2.34. The standard InChI is InChI=1S/C21H13BrCl2N4O2S/c1-2-7-27-15-6-3-10(22)8-13(15)16(19(27)29)17-20(30)28-21(31-17)25-18(26-28)12-5-4-11(23)9-14(12)24/h3-6,8-9H,2,7H2,1H3. The summed E-state index contributed by atoms with van der Waals surface area (Å²) in [5.74, 6) is 0.146. The number of aromatic nitrogens is 3. The van der Waals surface area contributed by atoms with Crippen LogP contribution in [0.2, 0.25) is 10.0 Å². The van der Waals surface area contributed by atoms with E-state index >= 15 is 0 Å². The Morgan fingerprint density at radius 1 is 1.10 bits per heavy atom. The molecule has 3 heterocycles. The molecule has 0 saturated carbocycles. The smallest absolute Gasteiger partial charge is 0.291 e. The number of thiazole rings is 1. The highest BCUT2D eigenvalue weighted by Crippen LogP contribution is 2.37. The quantitative estimate of drug-likeness (QED) is 0.385. The van der Waals surface area contributed by atoms with Crippen molar-refractivity contribution in [2.45, 2.75) is 13.3 Å². The van der Waals surface area contributed by atoms with Crippen molar-refractivity contribution in [3.8, 4) is 11.4 Å². The van der Waals surface area contributed by atoms with Gasteiger partial charge in [0.15, 0.2) is 5.82 Å². The number of halogens is 3. The maximum absolute atomic E-state index is 13.2. The number of amides is 1. The zero-order valence-corrected chi connectivity index (χ0v) is 19.9. The van der Waals surface area contributed by atoms with Gasteiger partial charge in [0.2, 0.25) is 4.96 Å². The van der Waals surface area contributed by atoms with Crippen LogP contribution in [0.1, 0.15) is 18.9 Å². The van der Waals surface area contributed by atoms with Gasteiger partial charge in [0.25, 0.3) is 11.5 Å².